The van der Waals surface area contributed by atoms with Gasteiger partial charge in [0.25, 0.3) is 0 Å². The Bertz CT molecular complexity index is 647. The van der Waals surface area contributed by atoms with E-state index in [-0.39, 0.29) is 11.9 Å². The lowest BCUT2D eigenvalue weighted by Crippen LogP contribution is -2.17. The maximum atomic E-state index is 12.1. The normalized spacial score (nSPS) is 11.5. The van der Waals surface area contributed by atoms with E-state index in [9.17, 15) is 9.59 Å². The predicted octanol–water partition coefficient (Wildman–Crippen LogP) is 4.37. The Morgan fingerprint density at radius 2 is 1.04 bits per heavy atom. The van der Waals surface area contributed by atoms with E-state index in [1.54, 1.807) is 27.7 Å². The molecular formula is C22H30O4. The molecule has 0 aromatic carbocycles. The van der Waals surface area contributed by atoms with Gasteiger partial charge in [0, 0.05) is 0 Å². The van der Waals surface area contributed by atoms with Crippen LogP contribution in [0.25, 0.3) is 0 Å². The zero-order valence-electron chi connectivity index (χ0n) is 17.2. The van der Waals surface area contributed by atoms with Gasteiger partial charge in [-0.2, -0.15) is 0 Å². The molecule has 0 aromatic heterocycles. The van der Waals surface area contributed by atoms with Crippen molar-refractivity contribution in [3.63, 3.8) is 0 Å². The number of rotatable bonds is 6. The second-order valence-corrected chi connectivity index (χ2v) is 6.27. The molecule has 0 bridgehead atoms. The number of ether oxygens (including phenoxy) is 2. The summed E-state index contributed by atoms with van der Waals surface area (Å²) in [6, 6.07) is 0. The topological polar surface area (TPSA) is 52.6 Å². The molecule has 0 aliphatic carbocycles. The summed E-state index contributed by atoms with van der Waals surface area (Å²) in [5.74, 6) is 4.20. The first-order valence-corrected chi connectivity index (χ1v) is 8.87. The van der Waals surface area contributed by atoms with E-state index >= 15 is 0 Å². The van der Waals surface area contributed by atoms with Crippen molar-refractivity contribution in [2.75, 3.05) is 13.2 Å². The third kappa shape index (κ3) is 8.58. The van der Waals surface area contributed by atoms with Crippen molar-refractivity contribution >= 4 is 11.9 Å². The highest BCUT2D eigenvalue weighted by molar-refractivity contribution is 5.78. The fourth-order valence-corrected chi connectivity index (χ4v) is 1.94. The molecule has 142 valence electrons. The Labute approximate surface area is 157 Å². The highest BCUT2D eigenvalue weighted by atomic mass is 16.5. The largest absolute Gasteiger partial charge is 0.465 e. The van der Waals surface area contributed by atoms with Crippen LogP contribution in [-0.4, -0.2) is 25.2 Å². The predicted molar refractivity (Wildman–Crippen MR) is 103 cm³/mol. The molecule has 4 nitrogen and oxygen atoms in total. The summed E-state index contributed by atoms with van der Waals surface area (Å²) in [6.07, 6.45) is 0. The van der Waals surface area contributed by atoms with Crippen molar-refractivity contribution in [1.29, 1.82) is 0 Å². The van der Waals surface area contributed by atoms with E-state index in [0.29, 0.717) is 24.4 Å². The third-order valence-corrected chi connectivity index (χ3v) is 3.25. The molecule has 0 radical (unpaired) electrons. The Morgan fingerprint density at radius 3 is 1.27 bits per heavy atom. The first-order chi connectivity index (χ1) is 12.1. The second-order valence-electron chi connectivity index (χ2n) is 6.27. The van der Waals surface area contributed by atoms with Crippen LogP contribution in [0, 0.1) is 23.7 Å². The molecule has 0 aromatic rings. The van der Waals surface area contributed by atoms with Gasteiger partial charge in [0.05, 0.1) is 36.2 Å². The number of esters is 2. The molecule has 0 aliphatic heterocycles. The van der Waals surface area contributed by atoms with Crippen LogP contribution in [-0.2, 0) is 19.1 Å². The molecule has 0 fully saturated rings. The average Bonchev–Trinajstić information content (AvgIpc) is 2.55. The van der Waals surface area contributed by atoms with Gasteiger partial charge in [-0.15, -0.1) is 11.5 Å². The molecule has 0 amide bonds. The van der Waals surface area contributed by atoms with Crippen LogP contribution in [0.2, 0.25) is 0 Å². The summed E-state index contributed by atoms with van der Waals surface area (Å²) in [5.41, 5.74) is 9.07. The molecule has 2 unspecified atom stereocenters. The minimum Gasteiger partial charge on any atom is -0.465 e. The summed E-state index contributed by atoms with van der Waals surface area (Å²) >= 11 is 0. The number of hydrogen-bond acceptors (Lipinski definition) is 4. The number of hydrogen-bond donors (Lipinski definition) is 0. The fourth-order valence-electron chi connectivity index (χ4n) is 1.94. The van der Waals surface area contributed by atoms with Crippen molar-refractivity contribution < 1.29 is 19.1 Å². The van der Waals surface area contributed by atoms with Gasteiger partial charge in [-0.1, -0.05) is 11.8 Å². The van der Waals surface area contributed by atoms with Crippen molar-refractivity contribution in [3.8, 4) is 11.8 Å². The first kappa shape index (κ1) is 23.5. The van der Waals surface area contributed by atoms with Crippen molar-refractivity contribution in [2.45, 2.75) is 55.4 Å². The molecule has 2 atom stereocenters. The van der Waals surface area contributed by atoms with E-state index in [2.05, 4.69) is 23.3 Å². The summed E-state index contributed by atoms with van der Waals surface area (Å²) in [4.78, 5) is 24.1. The van der Waals surface area contributed by atoms with Gasteiger partial charge in [-0.25, -0.2) is 0 Å². The molecule has 26 heavy (non-hydrogen) atoms. The molecule has 0 heterocycles. The number of carbonyl (C=O) groups is 2. The van der Waals surface area contributed by atoms with E-state index in [0.717, 1.165) is 11.1 Å². The van der Waals surface area contributed by atoms with Crippen LogP contribution < -0.4 is 0 Å². The summed E-state index contributed by atoms with van der Waals surface area (Å²) in [5, 5.41) is 0. The Kier molecular flexibility index (Phi) is 10.9. The quantitative estimate of drug-likeness (QED) is 0.402. The Morgan fingerprint density at radius 1 is 0.731 bits per heavy atom. The molecule has 0 rings (SSSR count). The fraction of sp³-hybridized carbons (Fsp3) is 0.545. The first-order valence-electron chi connectivity index (χ1n) is 8.87. The zero-order valence-corrected chi connectivity index (χ0v) is 17.2. The Balaban J connectivity index is 6.07. The molecule has 0 N–H and O–H groups in total. The van der Waals surface area contributed by atoms with Crippen LogP contribution >= 0.6 is 0 Å². The van der Waals surface area contributed by atoms with E-state index < -0.39 is 11.8 Å². The molecule has 0 saturated carbocycles. The van der Waals surface area contributed by atoms with E-state index in [4.69, 9.17) is 9.47 Å². The maximum absolute atomic E-state index is 12.1. The van der Waals surface area contributed by atoms with Gasteiger partial charge in [0.15, 0.2) is 0 Å². The van der Waals surface area contributed by atoms with Crippen LogP contribution in [0.5, 0.6) is 0 Å². The minimum absolute atomic E-state index is 0.307. The van der Waals surface area contributed by atoms with E-state index in [1.165, 1.54) is 0 Å². The smallest absolute Gasteiger partial charge is 0.314 e. The molecular weight excluding hydrogens is 328 g/mol. The van der Waals surface area contributed by atoms with Gasteiger partial charge in [-0.05, 0) is 66.5 Å². The standard InChI is InChI=1S/C22H30O4/c1-9-25-21(23)17(7)19(13-15(3)4)11-12-20(14-16(5)6)18(8)22(24)26-10-2/h17-18H,9-10H2,1-8H3. The van der Waals surface area contributed by atoms with Crippen LogP contribution in [0.3, 0.4) is 0 Å². The monoisotopic (exact) mass is 358 g/mol. The van der Waals surface area contributed by atoms with Gasteiger partial charge in [0.2, 0.25) is 0 Å². The average molecular weight is 358 g/mol. The molecule has 0 aliphatic rings. The molecule has 4 heteroatoms. The second kappa shape index (κ2) is 12.0. The molecule has 0 spiro atoms. The van der Waals surface area contributed by atoms with Gasteiger partial charge in [0.1, 0.15) is 0 Å². The zero-order chi connectivity index (χ0) is 20.3. The third-order valence-electron chi connectivity index (χ3n) is 3.25. The van der Waals surface area contributed by atoms with Gasteiger partial charge >= 0.3 is 11.9 Å². The van der Waals surface area contributed by atoms with Gasteiger partial charge in [-0.3, -0.25) is 9.59 Å². The van der Waals surface area contributed by atoms with Crippen molar-refractivity contribution in [2.24, 2.45) is 11.8 Å². The summed E-state index contributed by atoms with van der Waals surface area (Å²) in [6.45, 7) is 15.1. The van der Waals surface area contributed by atoms with Crippen LogP contribution in [0.15, 0.2) is 33.8 Å². The highest BCUT2D eigenvalue weighted by Crippen LogP contribution is 2.15. The number of carbonyl (C=O) groups excluding carboxylic acids is 2. The minimum atomic E-state index is -0.539. The lowest BCUT2D eigenvalue weighted by Gasteiger charge is -2.10. The maximum Gasteiger partial charge on any atom is 0.314 e. The highest BCUT2D eigenvalue weighted by Gasteiger charge is 2.20. The molecule has 0 saturated heterocycles. The van der Waals surface area contributed by atoms with Gasteiger partial charge < -0.3 is 9.47 Å². The Hall–Kier alpha value is -2.46. The summed E-state index contributed by atoms with van der Waals surface area (Å²) in [7, 11) is 0. The lowest BCUT2D eigenvalue weighted by atomic mass is 9.98. The van der Waals surface area contributed by atoms with E-state index in [1.807, 2.05) is 27.7 Å². The van der Waals surface area contributed by atoms with Crippen molar-refractivity contribution in [3.05, 3.63) is 33.8 Å². The van der Waals surface area contributed by atoms with Crippen molar-refractivity contribution in [1.82, 2.24) is 0 Å². The van der Waals surface area contributed by atoms with Crippen LogP contribution in [0.1, 0.15) is 55.4 Å². The van der Waals surface area contributed by atoms with Crippen LogP contribution in [0.4, 0.5) is 0 Å². The summed E-state index contributed by atoms with van der Waals surface area (Å²) < 4.78 is 10.2. The SMILES string of the molecule is CCOC(=O)C(C)C(=C=C(C)C)C#CC(=C=C(C)C)C(C)C(=O)OCC. The lowest BCUT2D eigenvalue weighted by molar-refractivity contribution is -0.146.